The molecule has 1 atom stereocenters. The summed E-state index contributed by atoms with van der Waals surface area (Å²) in [7, 11) is -3.94. The molecule has 0 spiro atoms. The van der Waals surface area contributed by atoms with Gasteiger partial charge in [-0.15, -0.1) is 0 Å². The number of benzene rings is 3. The maximum atomic E-state index is 13.3. The average Bonchev–Trinajstić information content (AvgIpc) is 2.75. The molecule has 0 aliphatic rings. The average molecular weight is 475 g/mol. The Morgan fingerprint density at radius 3 is 2.19 bits per heavy atom. The van der Waals surface area contributed by atoms with Crippen LogP contribution in [0.4, 0.5) is 4.39 Å². The van der Waals surface area contributed by atoms with Gasteiger partial charge in [-0.05, 0) is 61.4 Å². The number of nitrogens with one attached hydrogen (secondary N) is 1. The Balaban J connectivity index is 1.82. The number of carbonyl (C=O) groups is 1. The number of aryl methyl sites for hydroxylation is 1. The largest absolute Gasteiger partial charge is 0.348 e. The second-order valence-electron chi connectivity index (χ2n) is 7.55. The molecule has 32 heavy (non-hydrogen) atoms. The van der Waals surface area contributed by atoms with E-state index in [4.69, 9.17) is 11.6 Å². The van der Waals surface area contributed by atoms with Crippen LogP contribution in [0.1, 0.15) is 29.7 Å². The fourth-order valence-electron chi connectivity index (χ4n) is 3.16. The minimum Gasteiger partial charge on any atom is -0.348 e. The first-order valence-corrected chi connectivity index (χ1v) is 11.8. The van der Waals surface area contributed by atoms with Gasteiger partial charge in [-0.25, -0.2) is 12.8 Å². The van der Waals surface area contributed by atoms with Crippen LogP contribution < -0.4 is 5.32 Å². The van der Waals surface area contributed by atoms with Crippen molar-refractivity contribution in [2.45, 2.75) is 31.3 Å². The van der Waals surface area contributed by atoms with Crippen molar-refractivity contribution in [1.29, 1.82) is 0 Å². The molecule has 0 fully saturated rings. The quantitative estimate of drug-likeness (QED) is 0.507. The smallest absolute Gasteiger partial charge is 0.243 e. The Kier molecular flexibility index (Phi) is 7.66. The Hall–Kier alpha value is -2.74. The van der Waals surface area contributed by atoms with Crippen molar-refractivity contribution in [2.24, 2.45) is 0 Å². The monoisotopic (exact) mass is 474 g/mol. The van der Waals surface area contributed by atoms with Crippen molar-refractivity contribution < 1.29 is 17.6 Å². The molecule has 8 heteroatoms. The minimum absolute atomic E-state index is 0.00568. The Morgan fingerprint density at radius 2 is 1.59 bits per heavy atom. The number of hydrogen-bond donors (Lipinski definition) is 1. The van der Waals surface area contributed by atoms with Crippen LogP contribution in [0.5, 0.6) is 0 Å². The van der Waals surface area contributed by atoms with E-state index in [-0.39, 0.29) is 23.8 Å². The molecule has 0 bridgehead atoms. The summed E-state index contributed by atoms with van der Waals surface area (Å²) in [5, 5.41) is 3.32. The first-order chi connectivity index (χ1) is 15.1. The number of hydrogen-bond acceptors (Lipinski definition) is 3. The second kappa shape index (κ2) is 10.3. The van der Waals surface area contributed by atoms with E-state index >= 15 is 0 Å². The van der Waals surface area contributed by atoms with E-state index in [1.807, 2.05) is 6.92 Å². The predicted molar refractivity (Wildman–Crippen MR) is 123 cm³/mol. The highest BCUT2D eigenvalue weighted by Gasteiger charge is 2.27. The summed E-state index contributed by atoms with van der Waals surface area (Å²) in [6, 6.07) is 18.6. The lowest BCUT2D eigenvalue weighted by Crippen LogP contribution is -2.41. The molecular weight excluding hydrogens is 451 g/mol. The van der Waals surface area contributed by atoms with Crippen LogP contribution in [0.25, 0.3) is 0 Å². The van der Waals surface area contributed by atoms with E-state index in [1.165, 1.54) is 24.3 Å². The molecule has 0 aliphatic heterocycles. The summed E-state index contributed by atoms with van der Waals surface area (Å²) >= 11 is 5.94. The lowest BCUT2D eigenvalue weighted by atomic mass is 10.1. The van der Waals surface area contributed by atoms with Crippen molar-refractivity contribution in [3.05, 3.63) is 100 Å². The first-order valence-electron chi connectivity index (χ1n) is 10.0. The summed E-state index contributed by atoms with van der Waals surface area (Å²) in [5.74, 6) is -0.836. The van der Waals surface area contributed by atoms with Gasteiger partial charge in [0.1, 0.15) is 5.82 Å². The summed E-state index contributed by atoms with van der Waals surface area (Å²) in [6.45, 7) is 3.26. The molecule has 0 saturated carbocycles. The topological polar surface area (TPSA) is 66.5 Å². The van der Waals surface area contributed by atoms with Gasteiger partial charge in [0.15, 0.2) is 0 Å². The fourth-order valence-corrected chi connectivity index (χ4v) is 4.67. The first kappa shape index (κ1) is 23.9. The van der Waals surface area contributed by atoms with Crippen LogP contribution in [0.15, 0.2) is 77.7 Å². The molecule has 0 aromatic heterocycles. The van der Waals surface area contributed by atoms with Gasteiger partial charge in [0, 0.05) is 11.6 Å². The van der Waals surface area contributed by atoms with Crippen molar-refractivity contribution >= 4 is 27.5 Å². The zero-order valence-corrected chi connectivity index (χ0v) is 19.3. The van der Waals surface area contributed by atoms with Gasteiger partial charge in [-0.2, -0.15) is 4.31 Å². The Labute approximate surface area is 192 Å². The van der Waals surface area contributed by atoms with Crippen molar-refractivity contribution in [1.82, 2.24) is 9.62 Å². The molecule has 3 rings (SSSR count). The molecule has 3 aromatic rings. The normalized spacial score (nSPS) is 12.5. The zero-order chi connectivity index (χ0) is 23.3. The zero-order valence-electron chi connectivity index (χ0n) is 17.8. The van der Waals surface area contributed by atoms with E-state index in [0.717, 1.165) is 9.87 Å². The Bertz CT molecular complexity index is 1170. The van der Waals surface area contributed by atoms with E-state index < -0.39 is 22.0 Å². The van der Waals surface area contributed by atoms with Crippen LogP contribution in [0.3, 0.4) is 0 Å². The van der Waals surface area contributed by atoms with Gasteiger partial charge < -0.3 is 5.32 Å². The lowest BCUT2D eigenvalue weighted by Gasteiger charge is -2.23. The number of amides is 1. The van der Waals surface area contributed by atoms with Crippen LogP contribution >= 0.6 is 11.6 Å². The molecular formula is C24H24ClFN2O3S. The van der Waals surface area contributed by atoms with Gasteiger partial charge in [-0.3, -0.25) is 4.79 Å². The van der Waals surface area contributed by atoms with Crippen LogP contribution in [0.2, 0.25) is 5.02 Å². The number of carbonyl (C=O) groups excluding carboxylic acids is 1. The molecule has 5 nitrogen and oxygen atoms in total. The highest BCUT2D eigenvalue weighted by molar-refractivity contribution is 7.89. The second-order valence-corrected chi connectivity index (χ2v) is 9.93. The van der Waals surface area contributed by atoms with Crippen molar-refractivity contribution in [3.63, 3.8) is 0 Å². The Morgan fingerprint density at radius 1 is 1.00 bits per heavy atom. The lowest BCUT2D eigenvalue weighted by molar-refractivity contribution is -0.122. The SMILES string of the molecule is Cc1ccc(S(=O)(=O)N(CC(=O)N[C@H](C)c2ccc(F)cc2)Cc2ccc(Cl)cc2)cc1. The number of rotatable bonds is 8. The van der Waals surface area contributed by atoms with Gasteiger partial charge in [0.2, 0.25) is 15.9 Å². The third-order valence-corrected chi connectivity index (χ3v) is 7.06. The predicted octanol–water partition coefficient (Wildman–Crippen LogP) is 4.86. The summed E-state index contributed by atoms with van der Waals surface area (Å²) in [6.07, 6.45) is 0. The summed E-state index contributed by atoms with van der Waals surface area (Å²) in [5.41, 5.74) is 2.34. The van der Waals surface area contributed by atoms with Crippen LogP contribution in [-0.4, -0.2) is 25.2 Å². The van der Waals surface area contributed by atoms with E-state index in [2.05, 4.69) is 5.32 Å². The molecule has 168 valence electrons. The summed E-state index contributed by atoms with van der Waals surface area (Å²) < 4.78 is 40.9. The third kappa shape index (κ3) is 6.16. The molecule has 0 saturated heterocycles. The molecule has 3 aromatic carbocycles. The number of halogens is 2. The van der Waals surface area contributed by atoms with Crippen LogP contribution in [-0.2, 0) is 21.4 Å². The van der Waals surface area contributed by atoms with Crippen LogP contribution in [0, 0.1) is 12.7 Å². The molecule has 0 unspecified atom stereocenters. The van der Waals surface area contributed by atoms with E-state index in [0.29, 0.717) is 16.1 Å². The van der Waals surface area contributed by atoms with Gasteiger partial charge in [0.25, 0.3) is 0 Å². The van der Waals surface area contributed by atoms with Gasteiger partial charge in [-0.1, -0.05) is 53.6 Å². The summed E-state index contributed by atoms with van der Waals surface area (Å²) in [4.78, 5) is 12.9. The highest BCUT2D eigenvalue weighted by atomic mass is 35.5. The van der Waals surface area contributed by atoms with Crippen molar-refractivity contribution in [2.75, 3.05) is 6.54 Å². The third-order valence-electron chi connectivity index (χ3n) is 5.00. The van der Waals surface area contributed by atoms with Crippen molar-refractivity contribution in [3.8, 4) is 0 Å². The molecule has 0 heterocycles. The van der Waals surface area contributed by atoms with E-state index in [1.54, 1.807) is 55.5 Å². The molecule has 0 aliphatic carbocycles. The number of nitrogens with zero attached hydrogens (tertiary/aromatic N) is 1. The highest BCUT2D eigenvalue weighted by Crippen LogP contribution is 2.20. The standard InChI is InChI=1S/C24H24ClFN2O3S/c1-17-3-13-23(14-4-17)32(30,31)28(15-19-5-9-21(25)10-6-19)16-24(29)27-18(2)20-7-11-22(26)12-8-20/h3-14,18H,15-16H2,1-2H3,(H,27,29)/t18-/m1/s1. The maximum Gasteiger partial charge on any atom is 0.243 e. The molecule has 1 amide bonds. The van der Waals surface area contributed by atoms with Gasteiger partial charge >= 0.3 is 0 Å². The maximum absolute atomic E-state index is 13.3. The van der Waals surface area contributed by atoms with Gasteiger partial charge in [0.05, 0.1) is 17.5 Å². The van der Waals surface area contributed by atoms with E-state index in [9.17, 15) is 17.6 Å². The fraction of sp³-hybridized carbons (Fsp3) is 0.208. The number of sulfonamides is 1. The molecule has 0 radical (unpaired) electrons. The minimum atomic E-state index is -3.94. The molecule has 1 N–H and O–H groups in total.